The van der Waals surface area contributed by atoms with E-state index in [4.69, 9.17) is 16.3 Å². The van der Waals surface area contributed by atoms with Gasteiger partial charge in [-0.25, -0.2) is 8.42 Å². The fourth-order valence-corrected chi connectivity index (χ4v) is 5.23. The van der Waals surface area contributed by atoms with Crippen molar-refractivity contribution in [1.29, 1.82) is 0 Å². The van der Waals surface area contributed by atoms with Crippen LogP contribution >= 0.6 is 11.6 Å². The summed E-state index contributed by atoms with van der Waals surface area (Å²) in [5.41, 5.74) is 0.620. The van der Waals surface area contributed by atoms with Gasteiger partial charge in [0.2, 0.25) is 11.7 Å². The van der Waals surface area contributed by atoms with Crippen molar-refractivity contribution >= 4 is 38.8 Å². The number of hydrogen-bond acceptors (Lipinski definition) is 6. The second-order valence-corrected chi connectivity index (χ2v) is 11.6. The molecule has 9 nitrogen and oxygen atoms in total. The van der Waals surface area contributed by atoms with Crippen LogP contribution in [0.3, 0.4) is 0 Å². The van der Waals surface area contributed by atoms with Gasteiger partial charge in [0.25, 0.3) is 5.56 Å². The number of aryl methyl sites for hydroxylation is 4. The second kappa shape index (κ2) is 14.2. The largest absolute Gasteiger partial charge is 0.416 e. The molecular weight excluding hydrogens is 599 g/mol. The van der Waals surface area contributed by atoms with E-state index in [9.17, 15) is 36.0 Å². The molecule has 1 amide bonds. The van der Waals surface area contributed by atoms with Crippen LogP contribution in [0.15, 0.2) is 46.1 Å². The molecular formula is C28H33ClF3N3O6S. The molecule has 1 aromatic heterocycles. The molecule has 0 aliphatic carbocycles. The molecule has 0 saturated heterocycles. The number of rotatable bonds is 9. The van der Waals surface area contributed by atoms with Crippen LogP contribution in [-0.4, -0.2) is 55.4 Å². The summed E-state index contributed by atoms with van der Waals surface area (Å²) in [6.45, 7) is 8.22. The van der Waals surface area contributed by atoms with Gasteiger partial charge in [0.15, 0.2) is 9.84 Å². The number of carbonyl (C=O) groups excluding carboxylic acids is 2. The third-order valence-corrected chi connectivity index (χ3v) is 7.59. The number of alkyl halides is 4. The lowest BCUT2D eigenvalue weighted by atomic mass is 10.0. The lowest BCUT2D eigenvalue weighted by Gasteiger charge is -2.25. The fourth-order valence-electron chi connectivity index (χ4n) is 4.19. The number of nitrogens with one attached hydrogen (secondary N) is 1. The molecule has 0 saturated carbocycles. The smallest absolute Gasteiger partial charge is 0.361 e. The molecule has 42 heavy (non-hydrogen) atoms. The normalized spacial score (nSPS) is 11.6. The quantitative estimate of drug-likeness (QED) is 0.206. The molecule has 1 heterocycles. The number of amides is 1. The summed E-state index contributed by atoms with van der Waals surface area (Å²) < 4.78 is 68.5. The Morgan fingerprint density at radius 1 is 1.12 bits per heavy atom. The molecule has 0 fully saturated rings. The Morgan fingerprint density at radius 3 is 2.24 bits per heavy atom. The predicted molar refractivity (Wildman–Crippen MR) is 154 cm³/mol. The highest BCUT2D eigenvalue weighted by atomic mass is 35.5. The molecule has 3 aromatic rings. The molecule has 230 valence electrons. The summed E-state index contributed by atoms with van der Waals surface area (Å²) >= 11 is 5.68. The summed E-state index contributed by atoms with van der Waals surface area (Å²) in [6.07, 6.45) is -3.20. The highest BCUT2D eigenvalue weighted by Gasteiger charge is 2.34. The molecule has 0 spiro atoms. The molecule has 2 aromatic carbocycles. The van der Waals surface area contributed by atoms with Gasteiger partial charge in [-0.05, 0) is 56.5 Å². The van der Waals surface area contributed by atoms with Gasteiger partial charge >= 0.3 is 6.18 Å². The third kappa shape index (κ3) is 8.11. The first kappa shape index (κ1) is 34.8. The first-order valence-corrected chi connectivity index (χ1v) is 15.2. The minimum absolute atomic E-state index is 0.0371. The van der Waals surface area contributed by atoms with Crippen molar-refractivity contribution in [2.24, 2.45) is 7.05 Å². The summed E-state index contributed by atoms with van der Waals surface area (Å²) in [6, 6.07) is 7.80. The van der Waals surface area contributed by atoms with E-state index < -0.39 is 43.4 Å². The molecule has 0 aliphatic rings. The lowest BCUT2D eigenvalue weighted by molar-refractivity contribution is -0.137. The van der Waals surface area contributed by atoms with E-state index in [1.165, 1.54) is 14.0 Å². The van der Waals surface area contributed by atoms with Gasteiger partial charge in [-0.2, -0.15) is 13.2 Å². The molecule has 0 aliphatic heterocycles. The van der Waals surface area contributed by atoms with Crippen LogP contribution in [0.25, 0.3) is 0 Å². The first-order chi connectivity index (χ1) is 19.5. The number of benzene rings is 2. The minimum Gasteiger partial charge on any atom is -0.361 e. The number of H-pyrrole nitrogens is 1. The van der Waals surface area contributed by atoms with E-state index in [0.717, 1.165) is 34.0 Å². The zero-order valence-electron chi connectivity index (χ0n) is 24.1. The fraction of sp³-hybridized carbons (Fsp3) is 0.393. The number of ketones is 1. The highest BCUT2D eigenvalue weighted by molar-refractivity contribution is 7.90. The average Bonchev–Trinajstić information content (AvgIpc) is 3.18. The van der Waals surface area contributed by atoms with Crippen LogP contribution in [0, 0.1) is 13.8 Å². The van der Waals surface area contributed by atoms with Crippen molar-refractivity contribution in [3.8, 4) is 0 Å². The van der Waals surface area contributed by atoms with Crippen LogP contribution in [0.5, 0.6) is 0 Å². The Bertz CT molecular complexity index is 1610. The number of para-hydroxylation sites is 1. The van der Waals surface area contributed by atoms with Crippen molar-refractivity contribution in [2.45, 2.75) is 45.2 Å². The van der Waals surface area contributed by atoms with Crippen molar-refractivity contribution < 1.29 is 35.9 Å². The van der Waals surface area contributed by atoms with Crippen LogP contribution in [0.4, 0.5) is 18.9 Å². The van der Waals surface area contributed by atoms with E-state index in [0.29, 0.717) is 25.0 Å². The van der Waals surface area contributed by atoms with Crippen LogP contribution in [-0.2, 0) is 39.0 Å². The van der Waals surface area contributed by atoms with Gasteiger partial charge in [0.05, 0.1) is 16.1 Å². The first-order valence-electron chi connectivity index (χ1n) is 12.7. The lowest BCUT2D eigenvalue weighted by Crippen LogP contribution is -2.35. The van der Waals surface area contributed by atoms with Crippen LogP contribution in [0.1, 0.15) is 52.2 Å². The summed E-state index contributed by atoms with van der Waals surface area (Å²) in [5, 5.41) is 2.57. The number of sulfone groups is 1. The topological polar surface area (TPSA) is 119 Å². The molecule has 0 unspecified atom stereocenters. The maximum Gasteiger partial charge on any atom is 0.416 e. The van der Waals surface area contributed by atoms with Gasteiger partial charge < -0.3 is 4.74 Å². The van der Waals surface area contributed by atoms with Gasteiger partial charge in [0.1, 0.15) is 18.2 Å². The maximum atomic E-state index is 12.8. The Balaban J connectivity index is 0.000000307. The molecule has 3 rings (SSSR count). The third-order valence-electron chi connectivity index (χ3n) is 6.22. The predicted octanol–water partition coefficient (Wildman–Crippen LogP) is 4.80. The van der Waals surface area contributed by atoms with E-state index in [-0.39, 0.29) is 29.8 Å². The standard InChI is InChI=1S/C14H20ClNO2.C14H13F3N2O4S/c1-4-12-8-6-7-11(3)14(12)16(10-18-5-2)13(17)9-15;1-7-11(13(21)19(2)18-7)12(20)9-5-4-8(14(15,16)17)6-10(9)24(3,22)23/h6-8H,4-5,9-10H2,1-3H3;4-6,18H,1-3H3. The molecule has 14 heteroatoms. The second-order valence-electron chi connectivity index (χ2n) is 9.30. The van der Waals surface area contributed by atoms with Crippen molar-refractivity contribution in [2.75, 3.05) is 30.4 Å². The molecule has 0 bridgehead atoms. The summed E-state index contributed by atoms with van der Waals surface area (Å²) in [4.78, 5) is 37.3. The zero-order chi connectivity index (χ0) is 32.0. The highest BCUT2D eigenvalue weighted by Crippen LogP contribution is 2.32. The molecule has 0 atom stereocenters. The SMILES string of the molecule is CCOCN(C(=O)CCl)c1c(C)cccc1CC.Cc1[nH]n(C)c(=O)c1C(=O)c1ccc(C(F)(F)F)cc1S(C)(=O)=O. The van der Waals surface area contributed by atoms with Gasteiger partial charge in [0, 0.05) is 31.2 Å². The van der Waals surface area contributed by atoms with E-state index in [1.54, 1.807) is 4.90 Å². The van der Waals surface area contributed by atoms with Crippen molar-refractivity contribution in [3.05, 3.63) is 80.3 Å². The number of ether oxygens (including phenoxy) is 1. The number of carbonyl (C=O) groups is 2. The van der Waals surface area contributed by atoms with E-state index in [2.05, 4.69) is 12.0 Å². The van der Waals surface area contributed by atoms with Crippen LogP contribution in [0.2, 0.25) is 0 Å². The number of nitrogens with zero attached hydrogens (tertiary/aromatic N) is 2. The molecule has 0 radical (unpaired) electrons. The number of aromatic nitrogens is 2. The average molecular weight is 632 g/mol. The van der Waals surface area contributed by atoms with E-state index >= 15 is 0 Å². The maximum absolute atomic E-state index is 12.8. The number of halogens is 4. The Morgan fingerprint density at radius 2 is 1.76 bits per heavy atom. The Hall–Kier alpha value is -3.42. The van der Waals surface area contributed by atoms with Gasteiger partial charge in [-0.1, -0.05) is 25.1 Å². The van der Waals surface area contributed by atoms with Crippen molar-refractivity contribution in [1.82, 2.24) is 9.78 Å². The van der Waals surface area contributed by atoms with Gasteiger partial charge in [-0.3, -0.25) is 29.1 Å². The Labute approximate surface area is 247 Å². The zero-order valence-corrected chi connectivity index (χ0v) is 25.6. The minimum atomic E-state index is -4.76. The summed E-state index contributed by atoms with van der Waals surface area (Å²) in [7, 11) is -2.77. The van der Waals surface area contributed by atoms with Gasteiger partial charge in [-0.15, -0.1) is 11.6 Å². The monoisotopic (exact) mass is 631 g/mol. The Kier molecular flexibility index (Phi) is 11.7. The summed E-state index contributed by atoms with van der Waals surface area (Å²) in [5.74, 6) is -1.12. The van der Waals surface area contributed by atoms with Crippen molar-refractivity contribution in [3.63, 3.8) is 0 Å². The van der Waals surface area contributed by atoms with E-state index in [1.807, 2.05) is 32.0 Å². The van der Waals surface area contributed by atoms with Crippen LogP contribution < -0.4 is 10.5 Å². The number of aromatic amines is 1. The molecule has 1 N–H and O–H groups in total. The number of anilines is 1. The number of hydrogen-bond donors (Lipinski definition) is 1.